The zero-order chi connectivity index (χ0) is 26.2. The van der Waals surface area contributed by atoms with E-state index in [4.69, 9.17) is 5.11 Å². The summed E-state index contributed by atoms with van der Waals surface area (Å²) in [6, 6.07) is 15.2. The lowest BCUT2D eigenvalue weighted by atomic mass is 10.0. The largest absolute Gasteiger partial charge is 0.481 e. The summed E-state index contributed by atoms with van der Waals surface area (Å²) >= 11 is 0. The van der Waals surface area contributed by atoms with Crippen molar-refractivity contribution in [2.24, 2.45) is 0 Å². The number of nitrogens with one attached hydrogen (secondary N) is 1. The van der Waals surface area contributed by atoms with Crippen molar-refractivity contribution in [1.82, 2.24) is 14.9 Å². The number of carbonyl (C=O) groups excluding carboxylic acids is 1. The third-order valence-corrected chi connectivity index (χ3v) is 5.81. The first-order chi connectivity index (χ1) is 17.2. The van der Waals surface area contributed by atoms with Crippen molar-refractivity contribution in [3.63, 3.8) is 0 Å². The number of aliphatic hydroxyl groups is 2. The lowest BCUT2D eigenvalue weighted by Crippen LogP contribution is -2.27. The molecule has 3 aromatic rings. The van der Waals surface area contributed by atoms with E-state index in [0.717, 1.165) is 5.56 Å². The van der Waals surface area contributed by atoms with E-state index in [1.807, 2.05) is 44.2 Å². The SMILES string of the molecule is CC(C)n1c(C(=O)NCc2ccccc2)nc(-c2ccc(F)cc2)c1CC[C@@H](O)C[C@@H](O)CC(=O)O. The van der Waals surface area contributed by atoms with Gasteiger partial charge in [0.15, 0.2) is 5.82 Å². The summed E-state index contributed by atoms with van der Waals surface area (Å²) < 4.78 is 15.4. The molecule has 9 heteroatoms. The number of halogens is 1. The number of rotatable bonds is 12. The second kappa shape index (κ2) is 12.4. The number of hydrogen-bond acceptors (Lipinski definition) is 5. The smallest absolute Gasteiger partial charge is 0.305 e. The standard InChI is InChI=1S/C27H32FN3O5/c1-17(2)31-23(13-12-21(32)14-22(33)15-24(34)35)25(19-8-10-20(28)11-9-19)30-26(31)27(36)29-16-18-6-4-3-5-7-18/h3-11,17,21-22,32-33H,12-16H2,1-2H3,(H,29,36)(H,34,35)/t21-,22-/m1/s1. The number of nitrogens with zero attached hydrogens (tertiary/aromatic N) is 2. The Bertz CT molecular complexity index is 1160. The van der Waals surface area contributed by atoms with Gasteiger partial charge < -0.3 is 25.2 Å². The molecule has 0 spiro atoms. The molecule has 0 bridgehead atoms. The van der Waals surface area contributed by atoms with Crippen molar-refractivity contribution in [3.8, 4) is 11.3 Å². The average molecular weight is 498 g/mol. The highest BCUT2D eigenvalue weighted by molar-refractivity contribution is 5.92. The topological polar surface area (TPSA) is 125 Å². The van der Waals surface area contributed by atoms with Crippen LogP contribution in [0.1, 0.15) is 61.0 Å². The highest BCUT2D eigenvalue weighted by Crippen LogP contribution is 2.29. The molecule has 0 aliphatic carbocycles. The first-order valence-corrected chi connectivity index (χ1v) is 11.9. The summed E-state index contributed by atoms with van der Waals surface area (Å²) in [5.41, 5.74) is 2.76. The van der Waals surface area contributed by atoms with E-state index in [9.17, 15) is 24.2 Å². The van der Waals surface area contributed by atoms with Crippen molar-refractivity contribution in [3.05, 3.63) is 77.5 Å². The predicted molar refractivity (Wildman–Crippen MR) is 133 cm³/mol. The zero-order valence-corrected chi connectivity index (χ0v) is 20.4. The fraction of sp³-hybridized carbons (Fsp3) is 0.370. The molecule has 2 atom stereocenters. The van der Waals surface area contributed by atoms with Gasteiger partial charge in [-0.05, 0) is 62.9 Å². The second-order valence-corrected chi connectivity index (χ2v) is 9.05. The maximum atomic E-state index is 13.6. The van der Waals surface area contributed by atoms with E-state index in [2.05, 4.69) is 10.3 Å². The van der Waals surface area contributed by atoms with Crippen LogP contribution in [0.25, 0.3) is 11.3 Å². The molecule has 0 unspecified atom stereocenters. The minimum Gasteiger partial charge on any atom is -0.481 e. The number of carbonyl (C=O) groups is 2. The third kappa shape index (κ3) is 7.22. The molecule has 2 aromatic carbocycles. The number of carboxylic acids is 1. The van der Waals surface area contributed by atoms with Crippen molar-refractivity contribution in [1.29, 1.82) is 0 Å². The molecule has 0 aliphatic rings. The second-order valence-electron chi connectivity index (χ2n) is 9.05. The number of aliphatic carboxylic acids is 1. The molecule has 36 heavy (non-hydrogen) atoms. The van der Waals surface area contributed by atoms with Crippen LogP contribution in [0.5, 0.6) is 0 Å². The maximum Gasteiger partial charge on any atom is 0.305 e. The number of aromatic nitrogens is 2. The quantitative estimate of drug-likeness (QED) is 0.302. The van der Waals surface area contributed by atoms with Crippen LogP contribution in [-0.4, -0.2) is 49.0 Å². The summed E-state index contributed by atoms with van der Waals surface area (Å²) in [5, 5.41) is 32.0. The van der Waals surface area contributed by atoms with Gasteiger partial charge in [0, 0.05) is 23.8 Å². The third-order valence-electron chi connectivity index (χ3n) is 5.81. The summed E-state index contributed by atoms with van der Waals surface area (Å²) in [7, 11) is 0. The van der Waals surface area contributed by atoms with E-state index in [-0.39, 0.29) is 30.6 Å². The van der Waals surface area contributed by atoms with Crippen LogP contribution < -0.4 is 5.32 Å². The van der Waals surface area contributed by atoms with E-state index >= 15 is 0 Å². The Morgan fingerprint density at radius 1 is 1.03 bits per heavy atom. The van der Waals surface area contributed by atoms with Gasteiger partial charge >= 0.3 is 5.97 Å². The molecule has 0 fully saturated rings. The number of hydrogen-bond donors (Lipinski definition) is 4. The number of imidazole rings is 1. The van der Waals surface area contributed by atoms with Crippen LogP contribution in [0.3, 0.4) is 0 Å². The van der Waals surface area contributed by atoms with Crippen molar-refractivity contribution < 1.29 is 29.3 Å². The Kier molecular flexibility index (Phi) is 9.32. The molecule has 3 rings (SSSR count). The van der Waals surface area contributed by atoms with Crippen LogP contribution in [0.15, 0.2) is 54.6 Å². The summed E-state index contributed by atoms with van der Waals surface area (Å²) in [4.78, 5) is 28.6. The van der Waals surface area contributed by atoms with Crippen molar-refractivity contribution in [2.75, 3.05) is 0 Å². The lowest BCUT2D eigenvalue weighted by molar-refractivity contribution is -0.139. The summed E-state index contributed by atoms with van der Waals surface area (Å²) in [6.45, 7) is 4.16. The maximum absolute atomic E-state index is 13.6. The highest BCUT2D eigenvalue weighted by Gasteiger charge is 2.25. The van der Waals surface area contributed by atoms with Crippen LogP contribution in [-0.2, 0) is 17.8 Å². The van der Waals surface area contributed by atoms with E-state index < -0.39 is 30.4 Å². The van der Waals surface area contributed by atoms with Crippen molar-refractivity contribution >= 4 is 11.9 Å². The first-order valence-electron chi connectivity index (χ1n) is 11.9. The van der Waals surface area contributed by atoms with Gasteiger partial charge in [-0.25, -0.2) is 9.37 Å². The number of aliphatic hydroxyl groups excluding tert-OH is 2. The molecular formula is C27H32FN3O5. The molecule has 4 N–H and O–H groups in total. The first kappa shape index (κ1) is 27.0. The van der Waals surface area contributed by atoms with Gasteiger partial charge in [0.05, 0.1) is 24.3 Å². The van der Waals surface area contributed by atoms with Crippen molar-refractivity contribution in [2.45, 2.75) is 64.3 Å². The Hall–Kier alpha value is -3.56. The molecule has 0 aliphatic heterocycles. The van der Waals surface area contributed by atoms with Crippen LogP contribution in [0.2, 0.25) is 0 Å². The monoisotopic (exact) mass is 497 g/mol. The fourth-order valence-corrected chi connectivity index (χ4v) is 4.14. The normalized spacial score (nSPS) is 12.9. The van der Waals surface area contributed by atoms with Crippen LogP contribution in [0.4, 0.5) is 4.39 Å². The van der Waals surface area contributed by atoms with Gasteiger partial charge in [-0.3, -0.25) is 9.59 Å². The van der Waals surface area contributed by atoms with Crippen LogP contribution >= 0.6 is 0 Å². The molecule has 1 aromatic heterocycles. The molecule has 1 heterocycles. The van der Waals surface area contributed by atoms with Gasteiger partial charge in [0.2, 0.25) is 0 Å². The minimum atomic E-state index is -1.16. The average Bonchev–Trinajstić information content (AvgIpc) is 3.21. The molecule has 0 radical (unpaired) electrons. The Morgan fingerprint density at radius 3 is 2.31 bits per heavy atom. The zero-order valence-electron chi connectivity index (χ0n) is 20.4. The molecule has 0 saturated heterocycles. The molecular weight excluding hydrogens is 465 g/mol. The minimum absolute atomic E-state index is 0.0849. The number of carboxylic acid groups (broad SMARTS) is 1. The highest BCUT2D eigenvalue weighted by atomic mass is 19.1. The van der Waals surface area contributed by atoms with E-state index in [0.29, 0.717) is 29.9 Å². The lowest BCUT2D eigenvalue weighted by Gasteiger charge is -2.18. The Balaban J connectivity index is 1.90. The van der Waals surface area contributed by atoms with Crippen LogP contribution in [0, 0.1) is 5.82 Å². The number of amides is 1. The molecule has 1 amide bonds. The van der Waals surface area contributed by atoms with E-state index in [1.54, 1.807) is 16.7 Å². The summed E-state index contributed by atoms with van der Waals surface area (Å²) in [6.07, 6.45) is -2.12. The van der Waals surface area contributed by atoms with E-state index in [1.165, 1.54) is 12.1 Å². The molecule has 192 valence electrons. The number of benzene rings is 2. The van der Waals surface area contributed by atoms with Gasteiger partial charge in [-0.2, -0.15) is 0 Å². The molecule has 8 nitrogen and oxygen atoms in total. The predicted octanol–water partition coefficient (Wildman–Crippen LogP) is 3.72. The Morgan fingerprint density at radius 2 is 1.69 bits per heavy atom. The fourth-order valence-electron chi connectivity index (χ4n) is 4.14. The van der Waals surface area contributed by atoms with Gasteiger partial charge in [0.25, 0.3) is 5.91 Å². The Labute approximate surface area is 209 Å². The summed E-state index contributed by atoms with van der Waals surface area (Å²) in [5.74, 6) is -1.69. The van der Waals surface area contributed by atoms with Gasteiger partial charge in [0.1, 0.15) is 5.82 Å². The van der Waals surface area contributed by atoms with Gasteiger partial charge in [-0.1, -0.05) is 30.3 Å². The molecule has 0 saturated carbocycles. The van der Waals surface area contributed by atoms with Gasteiger partial charge in [-0.15, -0.1) is 0 Å².